The minimum atomic E-state index is 0.00926. The highest BCUT2D eigenvalue weighted by Crippen LogP contribution is 2.12. The first kappa shape index (κ1) is 2.71. The molecule has 0 aromatic carbocycles. The van der Waals surface area contributed by atoms with Crippen LogP contribution in [0.3, 0.4) is 0 Å². The first-order valence-corrected chi connectivity index (χ1v) is 1.90. The average Bonchev–Trinajstić information content (AvgIpc) is 1.72. The van der Waals surface area contributed by atoms with Gasteiger partial charge in [0.05, 0.1) is 0 Å². The molecule has 0 spiro atoms. The summed E-state index contributed by atoms with van der Waals surface area (Å²) in [5, 5.41) is 2.97. The van der Waals surface area contributed by atoms with Crippen LogP contribution in [0.25, 0.3) is 0 Å². The zero-order chi connectivity index (χ0) is 3.98. The van der Waals surface area contributed by atoms with Gasteiger partial charge in [0, 0.05) is 6.21 Å². The molecular formula is C3H4N2O. The molecule has 1 saturated heterocycles. The molecule has 0 saturated carbocycles. The van der Waals surface area contributed by atoms with Crippen LogP contribution in [0.15, 0.2) is 4.99 Å². The Morgan fingerprint density at radius 3 is 2.83 bits per heavy atom. The number of aliphatic imine (C=N–C) groups is 1. The third kappa shape index (κ3) is 0.152. The molecule has 0 aliphatic carbocycles. The molecule has 0 aromatic heterocycles. The highest BCUT2D eigenvalue weighted by Gasteiger charge is 2.31. The number of ether oxygens (including phenoxy) is 1. The lowest BCUT2D eigenvalue weighted by atomic mass is 10.6. The fourth-order valence-electron chi connectivity index (χ4n) is 0.598. The average molecular weight is 84.1 g/mol. The molecule has 3 nitrogen and oxygen atoms in total. The van der Waals surface area contributed by atoms with E-state index in [0.717, 1.165) is 0 Å². The minimum absolute atomic E-state index is 0.00926. The van der Waals surface area contributed by atoms with E-state index in [-0.39, 0.29) is 12.6 Å². The third-order valence-electron chi connectivity index (χ3n) is 0.939. The van der Waals surface area contributed by atoms with E-state index >= 15 is 0 Å². The summed E-state index contributed by atoms with van der Waals surface area (Å²) in [6.07, 6.45) is 1.93. The standard InChI is InChI=1S/C3H4N2O/c1-2-5-3(4-1)6-2/h1-3,5H. The van der Waals surface area contributed by atoms with Crippen LogP contribution in [0, 0.1) is 0 Å². The summed E-state index contributed by atoms with van der Waals surface area (Å²) in [6.45, 7) is 0. The zero-order valence-electron chi connectivity index (χ0n) is 3.09. The van der Waals surface area contributed by atoms with Gasteiger partial charge in [-0.25, -0.2) is 10.3 Å². The van der Waals surface area contributed by atoms with Crippen LogP contribution in [-0.2, 0) is 4.74 Å². The van der Waals surface area contributed by atoms with Crippen LogP contribution < -0.4 is 5.32 Å². The molecule has 6 heavy (non-hydrogen) atoms. The molecule has 2 unspecified atom stereocenters. The highest BCUT2D eigenvalue weighted by molar-refractivity contribution is 5.67. The normalized spacial score (nSPS) is 49.3. The Morgan fingerprint density at radius 2 is 2.67 bits per heavy atom. The maximum atomic E-state index is 4.92. The van der Waals surface area contributed by atoms with Crippen LogP contribution in [-0.4, -0.2) is 18.8 Å². The van der Waals surface area contributed by atoms with Crippen molar-refractivity contribution in [2.75, 3.05) is 0 Å². The second-order valence-corrected chi connectivity index (χ2v) is 1.37. The van der Waals surface area contributed by atoms with E-state index in [2.05, 4.69) is 10.3 Å². The summed E-state index contributed by atoms with van der Waals surface area (Å²) in [7, 11) is 0. The molecule has 0 radical (unpaired) electrons. The maximum Gasteiger partial charge on any atom is 0.208 e. The number of hydrogen-bond donors (Lipinski definition) is 1. The maximum absolute atomic E-state index is 4.92. The predicted octanol–water partition coefficient (Wildman–Crippen LogP) is -0.700. The Labute approximate surface area is 35.0 Å². The number of nitrogens with zero attached hydrogens (tertiary/aromatic N) is 1. The van der Waals surface area contributed by atoms with Crippen LogP contribution in [0.5, 0.6) is 0 Å². The van der Waals surface area contributed by atoms with Gasteiger partial charge >= 0.3 is 0 Å². The van der Waals surface area contributed by atoms with Gasteiger partial charge < -0.3 is 4.74 Å². The molecular weight excluding hydrogens is 80.0 g/mol. The van der Waals surface area contributed by atoms with Gasteiger partial charge in [0.15, 0.2) is 6.23 Å². The molecule has 3 heterocycles. The fraction of sp³-hybridized carbons (Fsp3) is 0.667. The molecule has 2 atom stereocenters. The van der Waals surface area contributed by atoms with Crippen LogP contribution >= 0.6 is 0 Å². The van der Waals surface area contributed by atoms with Gasteiger partial charge in [-0.2, -0.15) is 0 Å². The molecule has 3 aliphatic rings. The lowest BCUT2D eigenvalue weighted by Crippen LogP contribution is -2.48. The van der Waals surface area contributed by atoms with Crippen molar-refractivity contribution in [1.29, 1.82) is 0 Å². The fourth-order valence-corrected chi connectivity index (χ4v) is 0.598. The number of nitrogens with one attached hydrogen (secondary N) is 1. The Hall–Kier alpha value is -0.410. The molecule has 2 bridgehead atoms. The van der Waals surface area contributed by atoms with Crippen molar-refractivity contribution in [2.24, 2.45) is 4.99 Å². The van der Waals surface area contributed by atoms with E-state index in [1.54, 1.807) is 6.21 Å². The van der Waals surface area contributed by atoms with Crippen molar-refractivity contribution < 1.29 is 4.74 Å². The summed E-state index contributed by atoms with van der Waals surface area (Å²) in [6, 6.07) is 0. The monoisotopic (exact) mass is 84.0 g/mol. The molecule has 32 valence electrons. The van der Waals surface area contributed by atoms with Gasteiger partial charge in [-0.1, -0.05) is 0 Å². The first-order chi connectivity index (χ1) is 2.95. The van der Waals surface area contributed by atoms with E-state index in [9.17, 15) is 0 Å². The summed E-state index contributed by atoms with van der Waals surface area (Å²) >= 11 is 0. The molecule has 0 aromatic rings. The Balaban J connectivity index is 2.32. The van der Waals surface area contributed by atoms with Crippen LogP contribution in [0.4, 0.5) is 0 Å². The van der Waals surface area contributed by atoms with Crippen molar-refractivity contribution in [3.63, 3.8) is 0 Å². The van der Waals surface area contributed by atoms with Crippen LogP contribution in [0.1, 0.15) is 0 Å². The number of hydrogen-bond acceptors (Lipinski definition) is 3. The minimum Gasteiger partial charge on any atom is -0.320 e. The Kier molecular flexibility index (Phi) is 0.291. The van der Waals surface area contributed by atoms with Gasteiger partial charge in [-0.15, -0.1) is 0 Å². The number of rotatable bonds is 0. The van der Waals surface area contributed by atoms with Gasteiger partial charge in [0.25, 0.3) is 0 Å². The second kappa shape index (κ2) is 0.643. The van der Waals surface area contributed by atoms with E-state index in [1.807, 2.05) is 0 Å². The van der Waals surface area contributed by atoms with Crippen molar-refractivity contribution in [3.05, 3.63) is 0 Å². The van der Waals surface area contributed by atoms with Gasteiger partial charge in [-0.3, -0.25) is 0 Å². The second-order valence-electron chi connectivity index (χ2n) is 1.37. The molecule has 3 aliphatic heterocycles. The summed E-state index contributed by atoms with van der Waals surface area (Å²) in [4.78, 5) is 3.85. The first-order valence-electron chi connectivity index (χ1n) is 1.90. The van der Waals surface area contributed by atoms with Crippen molar-refractivity contribution in [2.45, 2.75) is 12.6 Å². The van der Waals surface area contributed by atoms with Crippen LogP contribution in [0.2, 0.25) is 0 Å². The summed E-state index contributed by atoms with van der Waals surface area (Å²) in [5.41, 5.74) is 0. The van der Waals surface area contributed by atoms with Crippen molar-refractivity contribution >= 4 is 6.21 Å². The smallest absolute Gasteiger partial charge is 0.208 e. The topological polar surface area (TPSA) is 33.6 Å². The van der Waals surface area contributed by atoms with Gasteiger partial charge in [0.1, 0.15) is 0 Å². The van der Waals surface area contributed by atoms with Crippen molar-refractivity contribution in [3.8, 4) is 0 Å². The summed E-state index contributed by atoms with van der Waals surface area (Å²) in [5.74, 6) is 0. The highest BCUT2D eigenvalue weighted by atomic mass is 16.6. The van der Waals surface area contributed by atoms with Gasteiger partial charge in [-0.05, 0) is 0 Å². The quantitative estimate of drug-likeness (QED) is 0.421. The largest absolute Gasteiger partial charge is 0.320 e. The lowest BCUT2D eigenvalue weighted by Gasteiger charge is -2.23. The molecule has 1 fully saturated rings. The molecule has 3 rings (SSSR count). The molecule has 1 N–H and O–H groups in total. The Morgan fingerprint density at radius 1 is 1.83 bits per heavy atom. The molecule has 0 amide bonds. The third-order valence-corrected chi connectivity index (χ3v) is 0.939. The lowest BCUT2D eigenvalue weighted by molar-refractivity contribution is -0.0960. The molecule has 3 heteroatoms. The zero-order valence-corrected chi connectivity index (χ0v) is 3.09. The van der Waals surface area contributed by atoms with Gasteiger partial charge in [0.2, 0.25) is 6.35 Å². The Bertz CT molecular complexity index is 85.0. The van der Waals surface area contributed by atoms with E-state index < -0.39 is 0 Å². The predicted molar refractivity (Wildman–Crippen MR) is 20.3 cm³/mol. The van der Waals surface area contributed by atoms with E-state index in [4.69, 9.17) is 4.74 Å². The summed E-state index contributed by atoms with van der Waals surface area (Å²) < 4.78 is 4.92. The van der Waals surface area contributed by atoms with E-state index in [0.29, 0.717) is 0 Å². The van der Waals surface area contributed by atoms with E-state index in [1.165, 1.54) is 0 Å². The SMILES string of the molecule is C1=NC2NC1O2. The van der Waals surface area contributed by atoms with Crippen molar-refractivity contribution in [1.82, 2.24) is 5.32 Å².